The first-order chi connectivity index (χ1) is 19.5. The van der Waals surface area contributed by atoms with E-state index in [-0.39, 0.29) is 51.3 Å². The summed E-state index contributed by atoms with van der Waals surface area (Å²) in [5.41, 5.74) is -3.57. The number of nitrogens with zero attached hydrogens (tertiary/aromatic N) is 2. The highest BCUT2D eigenvalue weighted by atomic mass is 19.4. The number of carbonyl (C=O) groups is 1. The van der Waals surface area contributed by atoms with Crippen LogP contribution in [0, 0.1) is 30.9 Å². The average Bonchev–Trinajstić information content (AvgIpc) is 2.90. The van der Waals surface area contributed by atoms with Gasteiger partial charge in [-0.2, -0.15) is 13.2 Å². The molecule has 0 aliphatic heterocycles. The van der Waals surface area contributed by atoms with Gasteiger partial charge in [-0.1, -0.05) is 20.8 Å². The number of nitrogens with one attached hydrogen (secondary N) is 2. The first-order valence-electron chi connectivity index (χ1n) is 12.7. The molecule has 0 radical (unpaired) electrons. The summed E-state index contributed by atoms with van der Waals surface area (Å²) in [5, 5.41) is 12.2. The largest absolute Gasteiger partial charge is 0.438 e. The van der Waals surface area contributed by atoms with Crippen molar-refractivity contribution in [2.75, 3.05) is 6.61 Å². The predicted octanol–water partition coefficient (Wildman–Crippen LogP) is 5.83. The summed E-state index contributed by atoms with van der Waals surface area (Å²) >= 11 is 0. The van der Waals surface area contributed by atoms with Crippen molar-refractivity contribution in [2.45, 2.75) is 46.8 Å². The van der Waals surface area contributed by atoms with Crippen molar-refractivity contribution in [1.29, 1.82) is 0 Å². The average molecular weight is 591 g/mol. The van der Waals surface area contributed by atoms with Gasteiger partial charge in [0, 0.05) is 24.0 Å². The zero-order valence-corrected chi connectivity index (χ0v) is 23.2. The lowest BCUT2D eigenvalue weighted by Gasteiger charge is -2.29. The highest BCUT2D eigenvalue weighted by Gasteiger charge is 2.35. The van der Waals surface area contributed by atoms with Crippen molar-refractivity contribution in [3.05, 3.63) is 80.9 Å². The van der Waals surface area contributed by atoms with Crippen molar-refractivity contribution in [3.63, 3.8) is 0 Å². The number of aromatic amines is 1. The summed E-state index contributed by atoms with van der Waals surface area (Å²) in [6, 6.07) is 3.57. The van der Waals surface area contributed by atoms with Gasteiger partial charge in [-0.15, -0.1) is 0 Å². The van der Waals surface area contributed by atoms with Gasteiger partial charge >= 0.3 is 6.18 Å². The van der Waals surface area contributed by atoms with Crippen LogP contribution >= 0.6 is 0 Å². The lowest BCUT2D eigenvalue weighted by Crippen LogP contribution is -2.46. The molecule has 3 heterocycles. The van der Waals surface area contributed by atoms with Gasteiger partial charge in [-0.3, -0.25) is 14.6 Å². The first-order valence-corrected chi connectivity index (χ1v) is 12.7. The molecule has 8 nitrogen and oxygen atoms in total. The van der Waals surface area contributed by atoms with E-state index in [2.05, 4.69) is 20.3 Å². The van der Waals surface area contributed by atoms with E-state index in [0.29, 0.717) is 6.20 Å². The Balaban J connectivity index is 1.90. The summed E-state index contributed by atoms with van der Waals surface area (Å²) in [4.78, 5) is 37.2. The van der Waals surface area contributed by atoms with E-state index in [4.69, 9.17) is 4.74 Å². The van der Waals surface area contributed by atoms with Gasteiger partial charge in [0.1, 0.15) is 11.4 Å². The molecule has 42 heavy (non-hydrogen) atoms. The maximum absolute atomic E-state index is 14.2. The number of pyridine rings is 3. The molecular formula is C29H27F5N4O4. The number of H-pyrrole nitrogens is 1. The molecule has 0 aliphatic rings. The van der Waals surface area contributed by atoms with Gasteiger partial charge in [0.15, 0.2) is 17.1 Å². The van der Waals surface area contributed by atoms with E-state index in [0.717, 1.165) is 25.1 Å². The monoisotopic (exact) mass is 590 g/mol. The fourth-order valence-corrected chi connectivity index (χ4v) is 4.38. The normalized spacial score (nSPS) is 12.8. The van der Waals surface area contributed by atoms with Crippen LogP contribution in [0.4, 0.5) is 22.0 Å². The smallest absolute Gasteiger partial charge is 0.418 e. The van der Waals surface area contributed by atoms with Crippen LogP contribution in [0.25, 0.3) is 22.2 Å². The molecule has 0 fully saturated rings. The fraction of sp³-hybridized carbons (Fsp3) is 0.310. The third kappa shape index (κ3) is 5.82. The highest BCUT2D eigenvalue weighted by Crippen LogP contribution is 2.41. The summed E-state index contributed by atoms with van der Waals surface area (Å²) in [5.74, 6) is -3.69. The number of halogens is 5. The maximum Gasteiger partial charge on any atom is 0.418 e. The predicted molar refractivity (Wildman–Crippen MR) is 144 cm³/mol. The number of benzene rings is 1. The number of alkyl halides is 3. The van der Waals surface area contributed by atoms with E-state index in [9.17, 15) is 36.6 Å². The molecule has 1 unspecified atom stereocenters. The minimum atomic E-state index is -4.81. The van der Waals surface area contributed by atoms with Crippen LogP contribution < -0.4 is 15.5 Å². The summed E-state index contributed by atoms with van der Waals surface area (Å²) < 4.78 is 75.1. The number of aromatic nitrogens is 3. The van der Waals surface area contributed by atoms with Gasteiger partial charge in [0.05, 0.1) is 40.4 Å². The van der Waals surface area contributed by atoms with E-state index < -0.39 is 52.0 Å². The molecule has 3 aromatic heterocycles. The molecule has 0 bridgehead atoms. The standard InChI is InChI=1S/C29H27F5N4O4/c1-13-15(29(32,33)34)11-36-27(42-20-7-6-16(30)24(31)14(20)2)22(13)18-10-19(40)23-17(37-18)8-9-35-25(23)26(41)38-21(12-39)28(3,4)5/h6-11,21,39H,12H2,1-5H3,(H,37,40)(H,38,41). The molecule has 13 heteroatoms. The van der Waals surface area contributed by atoms with Crippen LogP contribution in [-0.2, 0) is 6.18 Å². The van der Waals surface area contributed by atoms with Crippen molar-refractivity contribution in [2.24, 2.45) is 5.41 Å². The van der Waals surface area contributed by atoms with Gasteiger partial charge < -0.3 is 20.1 Å². The van der Waals surface area contributed by atoms with E-state index >= 15 is 0 Å². The Hall–Kier alpha value is -4.39. The minimum Gasteiger partial charge on any atom is -0.438 e. The topological polar surface area (TPSA) is 117 Å². The Labute approximate surface area is 236 Å². The molecular weight excluding hydrogens is 563 g/mol. The number of aliphatic hydroxyl groups is 1. The lowest BCUT2D eigenvalue weighted by atomic mass is 9.87. The molecule has 0 saturated carbocycles. The molecule has 4 rings (SSSR count). The number of carbonyl (C=O) groups excluding carboxylic acids is 1. The van der Waals surface area contributed by atoms with Crippen LogP contribution in [0.15, 0.2) is 41.5 Å². The second-order valence-electron chi connectivity index (χ2n) is 10.8. The molecule has 0 saturated heterocycles. The first kappa shape index (κ1) is 30.6. The maximum atomic E-state index is 14.2. The number of amides is 1. The fourth-order valence-electron chi connectivity index (χ4n) is 4.38. The molecule has 3 N–H and O–H groups in total. The molecule has 4 aromatic rings. The third-order valence-corrected chi connectivity index (χ3v) is 6.87. The SMILES string of the molecule is Cc1c(Oc2ncc(C(F)(F)F)c(C)c2-c2cc(=O)c3c(C(=O)NC(CO)C(C)(C)C)nccc3[nH]2)ccc(F)c1F. The Bertz CT molecular complexity index is 1750. The van der Waals surface area contributed by atoms with E-state index in [1.165, 1.54) is 19.2 Å². The Morgan fingerprint density at radius 2 is 1.79 bits per heavy atom. The molecule has 0 spiro atoms. The van der Waals surface area contributed by atoms with Crippen LogP contribution in [-0.4, -0.2) is 38.6 Å². The van der Waals surface area contributed by atoms with Crippen LogP contribution in [0.2, 0.25) is 0 Å². The Morgan fingerprint density at radius 3 is 2.40 bits per heavy atom. The summed E-state index contributed by atoms with van der Waals surface area (Å²) in [7, 11) is 0. The van der Waals surface area contributed by atoms with Crippen LogP contribution in [0.1, 0.15) is 48.0 Å². The number of aliphatic hydroxyl groups excluding tert-OH is 1. The lowest BCUT2D eigenvalue weighted by molar-refractivity contribution is -0.138. The number of rotatable bonds is 6. The van der Waals surface area contributed by atoms with Crippen molar-refractivity contribution in [1.82, 2.24) is 20.3 Å². The molecule has 222 valence electrons. The number of hydrogen-bond acceptors (Lipinski definition) is 6. The number of ether oxygens (including phenoxy) is 1. The molecule has 1 atom stereocenters. The van der Waals surface area contributed by atoms with Crippen molar-refractivity contribution < 1.29 is 36.6 Å². The number of fused-ring (bicyclic) bond motifs is 1. The second-order valence-corrected chi connectivity index (χ2v) is 10.8. The molecule has 0 aliphatic carbocycles. The van der Waals surface area contributed by atoms with Gasteiger partial charge in [0.25, 0.3) is 5.91 Å². The molecule has 1 amide bonds. The van der Waals surface area contributed by atoms with Gasteiger partial charge in [-0.25, -0.2) is 13.8 Å². The quantitative estimate of drug-likeness (QED) is 0.244. The summed E-state index contributed by atoms with van der Waals surface area (Å²) in [6.45, 7) is 7.41. The minimum absolute atomic E-state index is 0.0701. The van der Waals surface area contributed by atoms with Crippen molar-refractivity contribution in [3.8, 4) is 22.9 Å². The van der Waals surface area contributed by atoms with Crippen LogP contribution in [0.3, 0.4) is 0 Å². The van der Waals surface area contributed by atoms with Crippen LogP contribution in [0.5, 0.6) is 11.6 Å². The second kappa shape index (κ2) is 11.1. The Kier molecular flexibility index (Phi) is 8.09. The van der Waals surface area contributed by atoms with E-state index in [1.807, 2.05) is 0 Å². The van der Waals surface area contributed by atoms with Gasteiger partial charge in [0.2, 0.25) is 5.88 Å². The third-order valence-electron chi connectivity index (χ3n) is 6.87. The highest BCUT2D eigenvalue weighted by molar-refractivity contribution is 6.04. The van der Waals surface area contributed by atoms with E-state index in [1.54, 1.807) is 20.8 Å². The summed E-state index contributed by atoms with van der Waals surface area (Å²) in [6.07, 6.45) is -3.03. The number of hydrogen-bond donors (Lipinski definition) is 3. The Morgan fingerprint density at radius 1 is 1.10 bits per heavy atom. The van der Waals surface area contributed by atoms with Crippen molar-refractivity contribution >= 4 is 16.8 Å². The molecule has 1 aromatic carbocycles. The van der Waals surface area contributed by atoms with Gasteiger partial charge in [-0.05, 0) is 43.0 Å². The zero-order valence-electron chi connectivity index (χ0n) is 23.2. The zero-order chi connectivity index (χ0) is 31.1.